The van der Waals surface area contributed by atoms with Crippen LogP contribution in [0.15, 0.2) is 17.2 Å². The number of nitrogens with zero attached hydrogens (tertiary/aromatic N) is 2. The molecule has 1 saturated carbocycles. The largest absolute Gasteiger partial charge is 0.388 e. The highest BCUT2D eigenvalue weighted by Crippen LogP contribution is 2.33. The second-order valence-corrected chi connectivity index (χ2v) is 5.41. The van der Waals surface area contributed by atoms with E-state index in [9.17, 15) is 9.90 Å². The molecule has 0 atom stereocenters. The summed E-state index contributed by atoms with van der Waals surface area (Å²) >= 11 is 0. The highest BCUT2D eigenvalue weighted by Gasteiger charge is 2.30. The van der Waals surface area contributed by atoms with Gasteiger partial charge in [-0.05, 0) is 12.8 Å². The molecule has 2 fully saturated rings. The Morgan fingerprint density at radius 1 is 1.47 bits per heavy atom. The average molecular weight is 265 g/mol. The lowest BCUT2D eigenvalue weighted by Crippen LogP contribution is -2.43. The highest BCUT2D eigenvalue weighted by atomic mass is 16.5. The third-order valence-electron chi connectivity index (χ3n) is 3.82. The van der Waals surface area contributed by atoms with E-state index in [1.165, 1.54) is 0 Å². The fourth-order valence-electron chi connectivity index (χ4n) is 2.36. The van der Waals surface area contributed by atoms with E-state index in [0.717, 1.165) is 12.8 Å². The normalized spacial score (nSPS) is 22.2. The molecule has 1 saturated heterocycles. The van der Waals surface area contributed by atoms with Crippen molar-refractivity contribution in [1.82, 2.24) is 9.55 Å². The van der Waals surface area contributed by atoms with E-state index in [4.69, 9.17) is 4.74 Å². The van der Waals surface area contributed by atoms with E-state index >= 15 is 0 Å². The van der Waals surface area contributed by atoms with Crippen molar-refractivity contribution in [1.29, 1.82) is 0 Å². The van der Waals surface area contributed by atoms with E-state index in [-0.39, 0.29) is 5.56 Å². The Labute approximate surface area is 111 Å². The van der Waals surface area contributed by atoms with Crippen LogP contribution in [0.4, 0.5) is 5.82 Å². The molecule has 0 spiro atoms. The molecule has 19 heavy (non-hydrogen) atoms. The van der Waals surface area contributed by atoms with Gasteiger partial charge in [-0.2, -0.15) is 0 Å². The number of nitrogens with one attached hydrogen (secondary N) is 1. The van der Waals surface area contributed by atoms with Gasteiger partial charge in [-0.3, -0.25) is 4.79 Å². The molecule has 104 valence electrons. The van der Waals surface area contributed by atoms with Crippen LogP contribution in [-0.2, 0) is 4.74 Å². The van der Waals surface area contributed by atoms with Crippen molar-refractivity contribution in [3.63, 3.8) is 0 Å². The Morgan fingerprint density at radius 2 is 2.21 bits per heavy atom. The number of rotatable bonds is 4. The predicted octanol–water partition coefficient (Wildman–Crippen LogP) is 0.532. The van der Waals surface area contributed by atoms with E-state index in [1.54, 1.807) is 17.0 Å². The minimum absolute atomic E-state index is 0.0966. The molecule has 6 nitrogen and oxygen atoms in total. The molecule has 0 bridgehead atoms. The van der Waals surface area contributed by atoms with Gasteiger partial charge in [0.2, 0.25) is 0 Å². The first-order valence-corrected chi connectivity index (χ1v) is 6.79. The maximum atomic E-state index is 12.2. The number of hydrogen-bond donors (Lipinski definition) is 2. The van der Waals surface area contributed by atoms with Crippen molar-refractivity contribution in [3.8, 4) is 0 Å². The number of aliphatic hydroxyl groups is 1. The van der Waals surface area contributed by atoms with Crippen molar-refractivity contribution < 1.29 is 9.84 Å². The summed E-state index contributed by atoms with van der Waals surface area (Å²) in [5, 5.41) is 13.3. The van der Waals surface area contributed by atoms with Crippen LogP contribution < -0.4 is 10.9 Å². The summed E-state index contributed by atoms with van der Waals surface area (Å²) in [6.45, 7) is 1.46. The second kappa shape index (κ2) is 4.94. The van der Waals surface area contributed by atoms with E-state index in [0.29, 0.717) is 44.5 Å². The lowest BCUT2D eigenvalue weighted by Gasteiger charge is -2.32. The van der Waals surface area contributed by atoms with E-state index in [2.05, 4.69) is 10.3 Å². The van der Waals surface area contributed by atoms with E-state index in [1.807, 2.05) is 0 Å². The zero-order chi connectivity index (χ0) is 13.3. The monoisotopic (exact) mass is 265 g/mol. The first-order chi connectivity index (χ1) is 9.18. The first-order valence-electron chi connectivity index (χ1n) is 6.79. The molecule has 3 rings (SSSR count). The summed E-state index contributed by atoms with van der Waals surface area (Å²) in [5.74, 6) is 0.328. The number of aromatic nitrogens is 2. The SMILES string of the molecule is O=c1c(NCC2(O)CCOCC2)nccn1C1CC1. The van der Waals surface area contributed by atoms with Crippen molar-refractivity contribution >= 4 is 5.82 Å². The Hall–Kier alpha value is -1.40. The Balaban J connectivity index is 1.69. The van der Waals surface area contributed by atoms with Gasteiger partial charge >= 0.3 is 0 Å². The fraction of sp³-hybridized carbons (Fsp3) is 0.692. The summed E-state index contributed by atoms with van der Waals surface area (Å²) in [4.78, 5) is 16.2. The van der Waals surface area contributed by atoms with Crippen LogP contribution in [0.2, 0.25) is 0 Å². The quantitative estimate of drug-likeness (QED) is 0.830. The standard InChI is InChI=1S/C13H19N3O3/c17-12-11(14-5-6-16(12)10-1-2-10)15-9-13(18)3-7-19-8-4-13/h5-6,10,18H,1-4,7-9H2,(H,14,15). The number of ether oxygens (including phenoxy) is 1. The minimum Gasteiger partial charge on any atom is -0.388 e. The molecule has 2 aliphatic rings. The first kappa shape index (κ1) is 12.6. The summed E-state index contributed by atoms with van der Waals surface area (Å²) in [5.41, 5.74) is -0.896. The van der Waals surface area contributed by atoms with Gasteiger partial charge in [0, 0.05) is 51.0 Å². The van der Waals surface area contributed by atoms with Crippen LogP contribution >= 0.6 is 0 Å². The van der Waals surface area contributed by atoms with Crippen molar-refractivity contribution in [3.05, 3.63) is 22.7 Å². The van der Waals surface area contributed by atoms with Gasteiger partial charge in [-0.1, -0.05) is 0 Å². The molecule has 0 aromatic carbocycles. The molecule has 1 aliphatic carbocycles. The van der Waals surface area contributed by atoms with Gasteiger partial charge in [0.05, 0.1) is 5.60 Å². The van der Waals surface area contributed by atoms with Gasteiger partial charge in [-0.15, -0.1) is 0 Å². The van der Waals surface area contributed by atoms with Crippen LogP contribution in [0.1, 0.15) is 31.7 Å². The molecule has 0 amide bonds. The van der Waals surface area contributed by atoms with Crippen LogP contribution in [0.25, 0.3) is 0 Å². The third kappa shape index (κ3) is 2.79. The Kier molecular flexibility index (Phi) is 3.28. The average Bonchev–Trinajstić information content (AvgIpc) is 3.23. The highest BCUT2D eigenvalue weighted by molar-refractivity contribution is 5.32. The maximum absolute atomic E-state index is 12.2. The number of anilines is 1. The van der Waals surface area contributed by atoms with Gasteiger partial charge < -0.3 is 19.7 Å². The van der Waals surface area contributed by atoms with E-state index < -0.39 is 5.60 Å². The number of hydrogen-bond acceptors (Lipinski definition) is 5. The predicted molar refractivity (Wildman–Crippen MR) is 70.3 cm³/mol. The zero-order valence-corrected chi connectivity index (χ0v) is 10.8. The molecule has 1 aromatic rings. The molecule has 0 unspecified atom stereocenters. The summed E-state index contributed by atoms with van der Waals surface area (Å²) < 4.78 is 6.96. The Bertz CT molecular complexity index is 504. The molecule has 1 aliphatic heterocycles. The molecular weight excluding hydrogens is 246 g/mol. The van der Waals surface area contributed by atoms with Crippen molar-refractivity contribution in [2.24, 2.45) is 0 Å². The van der Waals surface area contributed by atoms with Gasteiger partial charge in [0.25, 0.3) is 5.56 Å². The smallest absolute Gasteiger partial charge is 0.293 e. The topological polar surface area (TPSA) is 76.4 Å². The second-order valence-electron chi connectivity index (χ2n) is 5.41. The van der Waals surface area contributed by atoms with Crippen molar-refractivity contribution in [2.75, 3.05) is 25.1 Å². The molecule has 2 heterocycles. The van der Waals surface area contributed by atoms with Crippen LogP contribution in [-0.4, -0.2) is 40.0 Å². The fourth-order valence-corrected chi connectivity index (χ4v) is 2.36. The minimum atomic E-state index is -0.799. The van der Waals surface area contributed by atoms with Gasteiger partial charge in [0.15, 0.2) is 5.82 Å². The molecular formula is C13H19N3O3. The van der Waals surface area contributed by atoms with Gasteiger partial charge in [0.1, 0.15) is 0 Å². The third-order valence-corrected chi connectivity index (χ3v) is 3.82. The van der Waals surface area contributed by atoms with Gasteiger partial charge in [-0.25, -0.2) is 4.98 Å². The van der Waals surface area contributed by atoms with Crippen LogP contribution in [0.3, 0.4) is 0 Å². The summed E-state index contributed by atoms with van der Waals surface area (Å²) in [6.07, 6.45) is 6.66. The maximum Gasteiger partial charge on any atom is 0.293 e. The van der Waals surface area contributed by atoms with Crippen LogP contribution in [0, 0.1) is 0 Å². The summed E-state index contributed by atoms with van der Waals surface area (Å²) in [6, 6.07) is 0.335. The molecule has 2 N–H and O–H groups in total. The summed E-state index contributed by atoms with van der Waals surface area (Å²) in [7, 11) is 0. The molecule has 6 heteroatoms. The lowest BCUT2D eigenvalue weighted by molar-refractivity contribution is -0.0544. The molecule has 0 radical (unpaired) electrons. The molecule has 1 aromatic heterocycles. The zero-order valence-electron chi connectivity index (χ0n) is 10.8. The lowest BCUT2D eigenvalue weighted by atomic mass is 9.94. The van der Waals surface area contributed by atoms with Crippen LogP contribution in [0.5, 0.6) is 0 Å². The Morgan fingerprint density at radius 3 is 2.89 bits per heavy atom. The van der Waals surface area contributed by atoms with Crippen molar-refractivity contribution in [2.45, 2.75) is 37.3 Å².